The number of hydrogen-bond donors (Lipinski definition) is 0. The summed E-state index contributed by atoms with van der Waals surface area (Å²) in [6, 6.07) is 41.6. The molecule has 0 N–H and O–H groups in total. The normalized spacial score (nSPS) is 31.7. The van der Waals surface area contributed by atoms with E-state index in [1.165, 1.54) is 110 Å². The fraction of sp³-hybridized carbons (Fsp3) is 0.545. The lowest BCUT2D eigenvalue weighted by molar-refractivity contribution is -0.130. The molecule has 10 heteroatoms. The summed E-state index contributed by atoms with van der Waals surface area (Å²) in [4.78, 5) is 76.2. The van der Waals surface area contributed by atoms with Crippen LogP contribution in [0.3, 0.4) is 0 Å². The number of rotatable bonds is 16. The van der Waals surface area contributed by atoms with Crippen LogP contribution >= 0.6 is 0 Å². The van der Waals surface area contributed by atoms with Gasteiger partial charge in [-0.3, -0.25) is 28.8 Å². The van der Waals surface area contributed by atoms with Crippen LogP contribution in [0.2, 0.25) is 0 Å². The first-order valence-electron chi connectivity index (χ1n) is 47.2. The number of fused-ring (bicyclic) bond motifs is 17. The smallest absolute Gasteiger partial charge is 0.156 e. The van der Waals surface area contributed by atoms with E-state index in [0.29, 0.717) is 107 Å². The first-order valence-corrected chi connectivity index (χ1v) is 47.2. The Labute approximate surface area is 715 Å². The topological polar surface area (TPSA) is 139 Å². The van der Waals surface area contributed by atoms with E-state index in [9.17, 15) is 28.8 Å². The van der Waals surface area contributed by atoms with Gasteiger partial charge in [-0.2, -0.15) is 0 Å². The molecule has 632 valence electrons. The van der Waals surface area contributed by atoms with Crippen LogP contribution in [-0.2, 0) is 35.2 Å². The molecule has 0 aliphatic heterocycles. The van der Waals surface area contributed by atoms with Crippen molar-refractivity contribution in [1.29, 1.82) is 0 Å². The molecule has 0 radical (unpaired) electrons. The Morgan fingerprint density at radius 3 is 1.42 bits per heavy atom. The molecule has 15 atom stereocenters. The maximum atomic E-state index is 13.0. The third-order valence-corrected chi connectivity index (χ3v) is 32.9. The van der Waals surface area contributed by atoms with Gasteiger partial charge in [0.25, 0.3) is 0 Å². The van der Waals surface area contributed by atoms with Crippen LogP contribution in [0, 0.1) is 75.9 Å². The highest BCUT2D eigenvalue weighted by Crippen LogP contribution is 2.68. The molecule has 0 bridgehead atoms. The minimum Gasteiger partial charge on any atom is -0.494 e. The predicted octanol–water partition coefficient (Wildman–Crippen LogP) is 25.7. The molecule has 10 unspecified atom stereocenters. The van der Waals surface area contributed by atoms with Crippen molar-refractivity contribution in [2.24, 2.45) is 69.0 Å². The van der Waals surface area contributed by atoms with Gasteiger partial charge in [-0.1, -0.05) is 150 Å². The summed E-state index contributed by atoms with van der Waals surface area (Å²) >= 11 is 0. The molecule has 5 aromatic rings. The van der Waals surface area contributed by atoms with Gasteiger partial charge in [-0.05, 0) is 365 Å². The molecule has 6 fully saturated rings. The minimum atomic E-state index is -0.233. The molecular formula is C110H132O10. The van der Waals surface area contributed by atoms with Crippen LogP contribution < -0.4 is 18.9 Å². The highest BCUT2D eigenvalue weighted by molar-refractivity contribution is 5.95. The summed E-state index contributed by atoms with van der Waals surface area (Å²) in [5, 5.41) is 0. The molecule has 6 saturated carbocycles. The number of allylic oxidation sites excluding steroid dienone is 14. The molecule has 0 aromatic heterocycles. The predicted molar refractivity (Wildman–Crippen MR) is 479 cm³/mol. The fourth-order valence-electron chi connectivity index (χ4n) is 26.9. The second-order valence-electron chi connectivity index (χ2n) is 40.0. The van der Waals surface area contributed by atoms with Crippen LogP contribution in [0.4, 0.5) is 0 Å². The third kappa shape index (κ3) is 15.6. The fourth-order valence-corrected chi connectivity index (χ4v) is 26.9. The number of hydrogen-bond acceptors (Lipinski definition) is 10. The van der Waals surface area contributed by atoms with Crippen LogP contribution in [-0.4, -0.2) is 61.1 Å². The van der Waals surface area contributed by atoms with Gasteiger partial charge in [0.05, 0.1) is 26.4 Å². The maximum absolute atomic E-state index is 13.0. The van der Waals surface area contributed by atoms with Crippen molar-refractivity contribution in [3.05, 3.63) is 222 Å². The first kappa shape index (κ1) is 83.7. The molecule has 0 saturated heterocycles. The third-order valence-electron chi connectivity index (χ3n) is 32.9. The number of carbonyl (C=O) groups excluding carboxylic acids is 6. The summed E-state index contributed by atoms with van der Waals surface area (Å²) in [5.41, 5.74) is 26.6. The van der Waals surface area contributed by atoms with E-state index in [0.717, 1.165) is 197 Å². The van der Waals surface area contributed by atoms with Gasteiger partial charge in [0.15, 0.2) is 5.78 Å². The highest BCUT2D eigenvalue weighted by atomic mass is 16.5. The van der Waals surface area contributed by atoms with Crippen LogP contribution in [0.5, 0.6) is 23.0 Å². The Hall–Kier alpha value is -8.50. The van der Waals surface area contributed by atoms with Crippen LogP contribution in [0.1, 0.15) is 312 Å². The number of benzene rings is 5. The lowest BCUT2D eigenvalue weighted by atomic mass is 9.51. The Morgan fingerprint density at radius 1 is 0.383 bits per heavy atom. The lowest BCUT2D eigenvalue weighted by Gasteiger charge is -2.52. The van der Waals surface area contributed by atoms with Gasteiger partial charge in [0, 0.05) is 72.5 Å². The van der Waals surface area contributed by atoms with E-state index in [-0.39, 0.29) is 33.4 Å². The first-order chi connectivity index (χ1) is 58.0. The van der Waals surface area contributed by atoms with Crippen LogP contribution in [0.25, 0.3) is 11.1 Å². The molecule has 0 amide bonds. The molecule has 120 heavy (non-hydrogen) atoms. The SMILES string of the molecule is CCCOc1ccc(C2=C3C4=C(C=C(C)CC4)CCC3C3CCC(=O)[C@@]3(C)C2)cc1.CCCOc1ccc(C2=C3C4=C(CCC3C3CCC(=O)[C@@]3(C)C2)CC(=O)CC4)cc1.CCCOc1ccc(C2C[C@]3(C)C(=O)CCC3C3CCC4=CC(=O)CCC4=C23)cc1.CCCOc1ccc([C@H]2C[C@]3(C)C(=O)CCC3C3CCc4cc(C)ccc4C32)cc1. The lowest BCUT2D eigenvalue weighted by Crippen LogP contribution is -2.46. The van der Waals surface area contributed by atoms with Gasteiger partial charge in [-0.15, -0.1) is 0 Å². The molecule has 15 aliphatic rings. The Balaban J connectivity index is 0.000000114. The zero-order chi connectivity index (χ0) is 83.5. The van der Waals surface area contributed by atoms with Gasteiger partial charge in [0.2, 0.25) is 0 Å². The van der Waals surface area contributed by atoms with E-state index in [4.69, 9.17) is 18.9 Å². The molecule has 10 nitrogen and oxygen atoms in total. The van der Waals surface area contributed by atoms with Crippen molar-refractivity contribution >= 4 is 45.8 Å². The van der Waals surface area contributed by atoms with Crippen molar-refractivity contribution in [1.82, 2.24) is 0 Å². The second kappa shape index (κ2) is 34.7. The molecule has 0 spiro atoms. The number of carbonyl (C=O) groups is 6. The summed E-state index contributed by atoms with van der Waals surface area (Å²) in [6.07, 6.45) is 34.3. The van der Waals surface area contributed by atoms with E-state index in [1.807, 2.05) is 6.08 Å². The average molecular weight is 1610 g/mol. The second-order valence-corrected chi connectivity index (χ2v) is 40.0. The van der Waals surface area contributed by atoms with Gasteiger partial charge < -0.3 is 18.9 Å². The summed E-state index contributed by atoms with van der Waals surface area (Å²) < 4.78 is 23.2. The number of aryl methyl sites for hydroxylation is 2. The van der Waals surface area contributed by atoms with E-state index >= 15 is 0 Å². The van der Waals surface area contributed by atoms with Crippen molar-refractivity contribution < 1.29 is 47.7 Å². The molecular weight excluding hydrogens is 1480 g/mol. The van der Waals surface area contributed by atoms with E-state index in [2.05, 4.69) is 191 Å². The average Bonchev–Trinajstić information content (AvgIpc) is 1.48. The summed E-state index contributed by atoms with van der Waals surface area (Å²) in [5.74, 6) is 11.6. The minimum absolute atomic E-state index is 0.147. The number of ketones is 6. The van der Waals surface area contributed by atoms with Gasteiger partial charge in [-0.25, -0.2) is 0 Å². The maximum Gasteiger partial charge on any atom is 0.156 e. The van der Waals surface area contributed by atoms with Gasteiger partial charge >= 0.3 is 0 Å². The number of ether oxygens (including phenoxy) is 4. The molecule has 15 aliphatic carbocycles. The van der Waals surface area contributed by atoms with Gasteiger partial charge in [0.1, 0.15) is 51.9 Å². The number of Topliss-reactive ketones (excluding diaryl/α,β-unsaturated/α-hetero) is 5. The monoisotopic (exact) mass is 1610 g/mol. The summed E-state index contributed by atoms with van der Waals surface area (Å²) in [6.45, 7) is 24.9. The summed E-state index contributed by atoms with van der Waals surface area (Å²) in [7, 11) is 0. The Bertz CT molecular complexity index is 5050. The van der Waals surface area contributed by atoms with Crippen LogP contribution in [0.15, 0.2) is 183 Å². The Morgan fingerprint density at radius 2 is 0.858 bits per heavy atom. The zero-order valence-corrected chi connectivity index (χ0v) is 73.8. The van der Waals surface area contributed by atoms with E-state index in [1.54, 1.807) is 27.9 Å². The Kier molecular flexibility index (Phi) is 24.2. The van der Waals surface area contributed by atoms with Crippen molar-refractivity contribution in [3.8, 4) is 23.0 Å². The highest BCUT2D eigenvalue weighted by Gasteiger charge is 2.61. The molecule has 5 aromatic carbocycles. The molecule has 0 heterocycles. The molecule has 20 rings (SSSR count). The largest absolute Gasteiger partial charge is 0.494 e. The van der Waals surface area contributed by atoms with E-state index < -0.39 is 0 Å². The zero-order valence-electron chi connectivity index (χ0n) is 73.8. The quantitative estimate of drug-likeness (QED) is 0.0938. The van der Waals surface area contributed by atoms with Crippen molar-refractivity contribution in [2.75, 3.05) is 26.4 Å². The van der Waals surface area contributed by atoms with Crippen molar-refractivity contribution in [3.63, 3.8) is 0 Å². The standard InChI is InChI=1S/2C28H34O2.2C27H32O3/c2*1-4-15-30-21-9-6-19(7-10-21)24-17-28(3)25(13-14-26(28)29)23-12-8-20-16-18(2)5-11-22(20)27(23)24;2*1-3-14-30-20-8-4-17(5-9-20)23-16-27(2)24(12-13-25(27)29)22-10-6-18-15-19(28)7-11-21(18)26(22)23/h6-7,9-10,16,23,25H,4-5,8,11-15,17H2,1-3H3;5-7,9-11,16,23-25,27H,4,8,12-15,17H2,1-3H3;4-5,8-9,22,24H,3,6-7,10-16H2,1-2H3;4-5,8-9,15,22-24H,3,6-7,10-14,16H2,1-2H3/t23?,25?,28-;23?,24-,25?,27?,28+;22?,24?,27-;22?,23?,24?,27-/m0100/s1. The van der Waals surface area contributed by atoms with Crippen molar-refractivity contribution in [2.45, 2.75) is 286 Å².